The SMILES string of the molecule is COc1ccc(OC)c(N2C(=O)C(Cl)=C(Nc3cccc(C(=O)Nc4cccc(O)c4)c3)C2=O)c1. The maximum Gasteiger partial charge on any atom is 0.283 e. The van der Waals surface area contributed by atoms with Gasteiger partial charge in [-0.1, -0.05) is 23.7 Å². The molecule has 0 radical (unpaired) electrons. The van der Waals surface area contributed by atoms with Crippen LogP contribution in [0.25, 0.3) is 0 Å². The molecule has 3 aromatic rings. The zero-order valence-corrected chi connectivity index (χ0v) is 19.4. The minimum absolute atomic E-state index is 0.0152. The van der Waals surface area contributed by atoms with Gasteiger partial charge in [-0.05, 0) is 42.5 Å². The van der Waals surface area contributed by atoms with E-state index in [1.165, 1.54) is 38.5 Å². The van der Waals surface area contributed by atoms with Gasteiger partial charge in [-0.15, -0.1) is 0 Å². The average molecular weight is 494 g/mol. The first-order valence-electron chi connectivity index (χ1n) is 10.3. The Morgan fingerprint density at radius 3 is 2.37 bits per heavy atom. The molecular formula is C25H20ClN3O6. The predicted molar refractivity (Wildman–Crippen MR) is 131 cm³/mol. The third-order valence-corrected chi connectivity index (χ3v) is 5.50. The van der Waals surface area contributed by atoms with Crippen molar-refractivity contribution in [1.82, 2.24) is 0 Å². The molecule has 0 saturated carbocycles. The topological polar surface area (TPSA) is 117 Å². The maximum absolute atomic E-state index is 13.2. The van der Waals surface area contributed by atoms with Crippen LogP contribution in [0.5, 0.6) is 17.2 Å². The van der Waals surface area contributed by atoms with Crippen molar-refractivity contribution in [3.05, 3.63) is 83.0 Å². The number of anilines is 3. The van der Waals surface area contributed by atoms with E-state index in [0.29, 0.717) is 17.1 Å². The van der Waals surface area contributed by atoms with Crippen molar-refractivity contribution in [3.8, 4) is 17.2 Å². The Balaban J connectivity index is 1.58. The number of phenolic OH excluding ortho intramolecular Hbond substituents is 1. The van der Waals surface area contributed by atoms with Crippen LogP contribution < -0.4 is 25.0 Å². The van der Waals surface area contributed by atoms with Gasteiger partial charge in [0.05, 0.1) is 19.9 Å². The highest BCUT2D eigenvalue weighted by atomic mass is 35.5. The van der Waals surface area contributed by atoms with Crippen LogP contribution in [0.1, 0.15) is 10.4 Å². The molecule has 9 nitrogen and oxygen atoms in total. The molecule has 0 aliphatic carbocycles. The standard InChI is InChI=1S/C25H20ClN3O6/c1-34-18-9-10-20(35-2)19(13-18)29-24(32)21(26)22(25(29)33)27-15-6-3-5-14(11-15)23(31)28-16-7-4-8-17(30)12-16/h3-13,27,30H,1-2H3,(H,28,31). The number of methoxy groups -OCH3 is 2. The van der Waals surface area contributed by atoms with Crippen LogP contribution in [-0.4, -0.2) is 37.0 Å². The fourth-order valence-corrected chi connectivity index (χ4v) is 3.68. The number of ether oxygens (including phenoxy) is 2. The van der Waals surface area contributed by atoms with E-state index in [0.717, 1.165) is 4.90 Å². The van der Waals surface area contributed by atoms with Gasteiger partial charge in [0.2, 0.25) is 0 Å². The summed E-state index contributed by atoms with van der Waals surface area (Å²) in [6.07, 6.45) is 0. The molecule has 0 atom stereocenters. The summed E-state index contributed by atoms with van der Waals surface area (Å²) in [4.78, 5) is 39.6. The van der Waals surface area contributed by atoms with Gasteiger partial charge in [-0.2, -0.15) is 0 Å². The molecule has 0 aromatic heterocycles. The van der Waals surface area contributed by atoms with Crippen LogP contribution in [0, 0.1) is 0 Å². The second kappa shape index (κ2) is 9.78. The number of hydrogen-bond acceptors (Lipinski definition) is 7. The van der Waals surface area contributed by atoms with E-state index in [1.807, 2.05) is 0 Å². The second-order valence-corrected chi connectivity index (χ2v) is 7.76. The molecule has 0 saturated heterocycles. The van der Waals surface area contributed by atoms with Crippen molar-refractivity contribution < 1.29 is 29.0 Å². The Hall–Kier alpha value is -4.50. The van der Waals surface area contributed by atoms with Crippen molar-refractivity contribution >= 4 is 46.4 Å². The van der Waals surface area contributed by atoms with Gasteiger partial charge in [0.1, 0.15) is 28.0 Å². The highest BCUT2D eigenvalue weighted by Gasteiger charge is 2.40. The lowest BCUT2D eigenvalue weighted by Gasteiger charge is -2.19. The molecule has 1 aliphatic heterocycles. The van der Waals surface area contributed by atoms with Crippen LogP contribution >= 0.6 is 11.6 Å². The molecule has 10 heteroatoms. The van der Waals surface area contributed by atoms with Gasteiger partial charge in [-0.25, -0.2) is 4.90 Å². The number of phenols is 1. The van der Waals surface area contributed by atoms with Crippen molar-refractivity contribution in [2.75, 3.05) is 29.8 Å². The minimum Gasteiger partial charge on any atom is -0.508 e. The summed E-state index contributed by atoms with van der Waals surface area (Å²) < 4.78 is 10.5. The largest absolute Gasteiger partial charge is 0.508 e. The summed E-state index contributed by atoms with van der Waals surface area (Å²) in [5.41, 5.74) is 1.09. The van der Waals surface area contributed by atoms with E-state index in [1.54, 1.807) is 42.5 Å². The smallest absolute Gasteiger partial charge is 0.283 e. The number of nitrogens with zero attached hydrogens (tertiary/aromatic N) is 1. The zero-order chi connectivity index (χ0) is 25.1. The van der Waals surface area contributed by atoms with Crippen molar-refractivity contribution in [3.63, 3.8) is 0 Å². The lowest BCUT2D eigenvalue weighted by Crippen LogP contribution is -2.32. The molecule has 0 fully saturated rings. The number of carbonyl (C=O) groups is 3. The summed E-state index contributed by atoms with van der Waals surface area (Å²) in [5, 5.41) is 14.8. The molecule has 3 N–H and O–H groups in total. The molecule has 3 aromatic carbocycles. The van der Waals surface area contributed by atoms with E-state index in [2.05, 4.69) is 10.6 Å². The summed E-state index contributed by atoms with van der Waals surface area (Å²) >= 11 is 6.24. The maximum atomic E-state index is 13.2. The number of rotatable bonds is 7. The van der Waals surface area contributed by atoms with E-state index in [4.69, 9.17) is 21.1 Å². The molecule has 4 rings (SSSR count). The highest BCUT2D eigenvalue weighted by Crippen LogP contribution is 2.38. The van der Waals surface area contributed by atoms with Crippen LogP contribution in [0.3, 0.4) is 0 Å². The summed E-state index contributed by atoms with van der Waals surface area (Å²) in [6.45, 7) is 0. The van der Waals surface area contributed by atoms with E-state index in [-0.39, 0.29) is 33.5 Å². The van der Waals surface area contributed by atoms with Crippen LogP contribution in [0.2, 0.25) is 0 Å². The molecular weight excluding hydrogens is 474 g/mol. The molecule has 0 unspecified atom stereocenters. The van der Waals surface area contributed by atoms with Crippen LogP contribution in [-0.2, 0) is 9.59 Å². The number of carbonyl (C=O) groups excluding carboxylic acids is 3. The Morgan fingerprint density at radius 2 is 1.66 bits per heavy atom. The fourth-order valence-electron chi connectivity index (χ4n) is 3.47. The molecule has 178 valence electrons. The monoisotopic (exact) mass is 493 g/mol. The Kier molecular flexibility index (Phi) is 6.61. The lowest BCUT2D eigenvalue weighted by molar-refractivity contribution is -0.120. The van der Waals surface area contributed by atoms with Crippen LogP contribution in [0.4, 0.5) is 17.1 Å². The molecule has 0 bridgehead atoms. The minimum atomic E-state index is -0.733. The van der Waals surface area contributed by atoms with Gasteiger partial charge < -0.3 is 25.2 Å². The van der Waals surface area contributed by atoms with E-state index >= 15 is 0 Å². The molecule has 0 spiro atoms. The van der Waals surface area contributed by atoms with Crippen molar-refractivity contribution in [2.24, 2.45) is 0 Å². The Labute approximate surface area is 205 Å². The quantitative estimate of drug-likeness (QED) is 0.424. The number of nitrogens with one attached hydrogen (secondary N) is 2. The van der Waals surface area contributed by atoms with Crippen LogP contribution in [0.15, 0.2) is 77.5 Å². The number of benzene rings is 3. The third-order valence-electron chi connectivity index (χ3n) is 5.15. The first-order valence-corrected chi connectivity index (χ1v) is 10.7. The van der Waals surface area contributed by atoms with Crippen molar-refractivity contribution in [2.45, 2.75) is 0 Å². The lowest BCUT2D eigenvalue weighted by atomic mass is 10.1. The van der Waals surface area contributed by atoms with Gasteiger partial charge in [0, 0.05) is 29.1 Å². The summed E-state index contributed by atoms with van der Waals surface area (Å²) in [7, 11) is 2.87. The van der Waals surface area contributed by atoms with Gasteiger partial charge >= 0.3 is 0 Å². The molecule has 1 heterocycles. The van der Waals surface area contributed by atoms with Gasteiger partial charge in [-0.3, -0.25) is 14.4 Å². The number of hydrogen-bond donors (Lipinski definition) is 3. The number of halogens is 1. The average Bonchev–Trinajstić information content (AvgIpc) is 3.06. The predicted octanol–water partition coefficient (Wildman–Crippen LogP) is 4.10. The third kappa shape index (κ3) is 4.75. The summed E-state index contributed by atoms with van der Waals surface area (Å²) in [6, 6.07) is 17.1. The molecule has 3 amide bonds. The zero-order valence-electron chi connectivity index (χ0n) is 18.7. The number of amides is 3. The Morgan fingerprint density at radius 1 is 0.914 bits per heavy atom. The number of aromatic hydroxyl groups is 1. The first kappa shape index (κ1) is 23.7. The number of imide groups is 1. The molecule has 35 heavy (non-hydrogen) atoms. The van der Waals surface area contributed by atoms with Gasteiger partial charge in [0.15, 0.2) is 0 Å². The normalized spacial score (nSPS) is 13.2. The Bertz CT molecular complexity index is 1370. The van der Waals surface area contributed by atoms with E-state index in [9.17, 15) is 19.5 Å². The fraction of sp³-hybridized carbons (Fsp3) is 0.0800. The second-order valence-electron chi connectivity index (χ2n) is 7.38. The summed E-state index contributed by atoms with van der Waals surface area (Å²) in [5.74, 6) is -1.14. The van der Waals surface area contributed by atoms with Gasteiger partial charge in [0.25, 0.3) is 17.7 Å². The van der Waals surface area contributed by atoms with Crippen molar-refractivity contribution in [1.29, 1.82) is 0 Å². The molecule has 1 aliphatic rings. The highest BCUT2D eigenvalue weighted by molar-refractivity contribution is 6.53. The first-order chi connectivity index (χ1) is 16.8. The van der Waals surface area contributed by atoms with E-state index < -0.39 is 17.7 Å².